The fourth-order valence-corrected chi connectivity index (χ4v) is 1.26. The Morgan fingerprint density at radius 3 is 2.25 bits per heavy atom. The molecule has 1 unspecified atom stereocenters. The van der Waals surface area contributed by atoms with E-state index in [2.05, 4.69) is 13.8 Å². The molecule has 0 heterocycles. The van der Waals surface area contributed by atoms with E-state index in [0.717, 1.165) is 6.42 Å². The molecule has 1 nitrogen and oxygen atoms in total. The maximum atomic E-state index is 9.14. The van der Waals surface area contributed by atoms with Crippen molar-refractivity contribution in [2.45, 2.75) is 59.3 Å². The smallest absolute Gasteiger partial charge is 0.0930 e. The highest BCUT2D eigenvalue weighted by atomic mass is 16.3. The molecule has 0 aliphatic rings. The third-order valence-corrected chi connectivity index (χ3v) is 2.45. The Kier molecular flexibility index (Phi) is 7.58. The van der Waals surface area contributed by atoms with Gasteiger partial charge in [0.05, 0.1) is 6.10 Å². The highest BCUT2D eigenvalue weighted by Gasteiger charge is 2.08. The number of aliphatic hydroxyl groups is 1. The maximum Gasteiger partial charge on any atom is 0.0930 e. The first-order chi connectivity index (χ1) is 5.68. The zero-order chi connectivity index (χ0) is 9.40. The van der Waals surface area contributed by atoms with Crippen molar-refractivity contribution in [3.63, 3.8) is 0 Å². The van der Waals surface area contributed by atoms with Crippen molar-refractivity contribution in [3.05, 3.63) is 6.10 Å². The van der Waals surface area contributed by atoms with Gasteiger partial charge in [-0.1, -0.05) is 46.0 Å². The lowest BCUT2D eigenvalue weighted by Crippen LogP contribution is -2.03. The first-order valence-corrected chi connectivity index (χ1v) is 5.20. The quantitative estimate of drug-likeness (QED) is 0.576. The van der Waals surface area contributed by atoms with Gasteiger partial charge in [0.15, 0.2) is 0 Å². The van der Waals surface area contributed by atoms with Gasteiger partial charge in [-0.15, -0.1) is 0 Å². The normalized spacial score (nSPS) is 13.8. The molecule has 1 N–H and O–H groups in total. The van der Waals surface area contributed by atoms with Crippen LogP contribution in [0.25, 0.3) is 0 Å². The molecule has 12 heavy (non-hydrogen) atoms. The summed E-state index contributed by atoms with van der Waals surface area (Å²) in [4.78, 5) is 0. The van der Waals surface area contributed by atoms with Gasteiger partial charge in [0.25, 0.3) is 0 Å². The van der Waals surface area contributed by atoms with Gasteiger partial charge in [0, 0.05) is 0 Å². The van der Waals surface area contributed by atoms with E-state index < -0.39 is 0 Å². The number of aliphatic hydroxyl groups excluding tert-OH is 1. The standard InChI is InChI=1S/C11H23O/c1-4-5-6-7-8-9-10(2)11(3)12/h10,12H,4-9H2,1-3H3. The monoisotopic (exact) mass is 171 g/mol. The van der Waals surface area contributed by atoms with E-state index in [1.807, 2.05) is 0 Å². The highest BCUT2D eigenvalue weighted by Crippen LogP contribution is 2.17. The van der Waals surface area contributed by atoms with Crippen molar-refractivity contribution in [2.75, 3.05) is 0 Å². The van der Waals surface area contributed by atoms with Gasteiger partial charge < -0.3 is 5.11 Å². The summed E-state index contributed by atoms with van der Waals surface area (Å²) in [7, 11) is 0. The molecule has 0 aliphatic carbocycles. The lowest BCUT2D eigenvalue weighted by molar-refractivity contribution is 0.237. The predicted molar refractivity (Wildman–Crippen MR) is 53.4 cm³/mol. The molecule has 0 amide bonds. The topological polar surface area (TPSA) is 20.2 Å². The summed E-state index contributed by atoms with van der Waals surface area (Å²) in [5.41, 5.74) is 0. The molecule has 0 saturated heterocycles. The first kappa shape index (κ1) is 12.0. The third-order valence-electron chi connectivity index (χ3n) is 2.45. The Labute approximate surface area is 77.2 Å². The lowest BCUT2D eigenvalue weighted by atomic mass is 9.98. The van der Waals surface area contributed by atoms with Crippen LogP contribution in [0.2, 0.25) is 0 Å². The van der Waals surface area contributed by atoms with Crippen molar-refractivity contribution in [1.82, 2.24) is 0 Å². The van der Waals surface area contributed by atoms with E-state index >= 15 is 0 Å². The third kappa shape index (κ3) is 6.66. The van der Waals surface area contributed by atoms with Gasteiger partial charge in [0.2, 0.25) is 0 Å². The van der Waals surface area contributed by atoms with Crippen LogP contribution in [0.4, 0.5) is 0 Å². The molecule has 0 aromatic heterocycles. The summed E-state index contributed by atoms with van der Waals surface area (Å²) in [6.45, 7) is 6.13. The van der Waals surface area contributed by atoms with Crippen LogP contribution < -0.4 is 0 Å². The van der Waals surface area contributed by atoms with Crippen molar-refractivity contribution in [1.29, 1.82) is 0 Å². The van der Waals surface area contributed by atoms with Crippen LogP contribution in [0.15, 0.2) is 0 Å². The van der Waals surface area contributed by atoms with Crippen LogP contribution in [0.1, 0.15) is 59.3 Å². The maximum absolute atomic E-state index is 9.14. The van der Waals surface area contributed by atoms with Crippen LogP contribution in [-0.2, 0) is 0 Å². The molecule has 0 aliphatic heterocycles. The molecule has 73 valence electrons. The Balaban J connectivity index is 3.08. The molecule has 0 rings (SSSR count). The Bertz CT molecular complexity index is 89.0. The molecule has 1 radical (unpaired) electrons. The summed E-state index contributed by atoms with van der Waals surface area (Å²) in [6, 6.07) is 0. The Morgan fingerprint density at radius 1 is 1.17 bits per heavy atom. The van der Waals surface area contributed by atoms with E-state index in [9.17, 15) is 0 Å². The SMILES string of the molecule is CCCCCCCC(C)[C](C)O. The van der Waals surface area contributed by atoms with Crippen LogP contribution in [0.5, 0.6) is 0 Å². The Hall–Kier alpha value is -0.0400. The lowest BCUT2D eigenvalue weighted by Gasteiger charge is -2.12. The molecule has 0 spiro atoms. The number of hydrogen-bond acceptors (Lipinski definition) is 1. The fraction of sp³-hybridized carbons (Fsp3) is 0.909. The summed E-state index contributed by atoms with van der Waals surface area (Å²) >= 11 is 0. The zero-order valence-corrected chi connectivity index (χ0v) is 8.77. The molecule has 0 aromatic rings. The van der Waals surface area contributed by atoms with Crippen molar-refractivity contribution < 1.29 is 5.11 Å². The second-order valence-electron chi connectivity index (χ2n) is 3.75. The van der Waals surface area contributed by atoms with Crippen LogP contribution in [-0.4, -0.2) is 5.11 Å². The molecular formula is C11H23O. The van der Waals surface area contributed by atoms with Crippen LogP contribution in [0.3, 0.4) is 0 Å². The number of rotatable bonds is 7. The minimum atomic E-state index is 0.395. The van der Waals surface area contributed by atoms with Gasteiger partial charge in [-0.2, -0.15) is 0 Å². The minimum Gasteiger partial charge on any atom is -0.387 e. The Morgan fingerprint density at radius 2 is 1.75 bits per heavy atom. The molecule has 0 aromatic carbocycles. The van der Waals surface area contributed by atoms with Gasteiger partial charge in [0.1, 0.15) is 0 Å². The molecule has 1 heteroatoms. The van der Waals surface area contributed by atoms with Crippen molar-refractivity contribution in [3.8, 4) is 0 Å². The highest BCUT2D eigenvalue weighted by molar-refractivity contribution is 4.75. The van der Waals surface area contributed by atoms with E-state index in [1.54, 1.807) is 6.92 Å². The van der Waals surface area contributed by atoms with Crippen LogP contribution >= 0.6 is 0 Å². The van der Waals surface area contributed by atoms with E-state index in [0.29, 0.717) is 12.0 Å². The molecule has 0 fully saturated rings. The fourth-order valence-electron chi connectivity index (χ4n) is 1.26. The van der Waals surface area contributed by atoms with Crippen LogP contribution in [0, 0.1) is 12.0 Å². The predicted octanol–water partition coefficient (Wildman–Crippen LogP) is 3.91. The van der Waals surface area contributed by atoms with Gasteiger partial charge >= 0.3 is 0 Å². The average molecular weight is 171 g/mol. The van der Waals surface area contributed by atoms with E-state index in [4.69, 9.17) is 5.11 Å². The molecule has 0 bridgehead atoms. The largest absolute Gasteiger partial charge is 0.387 e. The first-order valence-electron chi connectivity index (χ1n) is 5.20. The second kappa shape index (κ2) is 7.60. The van der Waals surface area contributed by atoms with E-state index in [-0.39, 0.29) is 0 Å². The summed E-state index contributed by atoms with van der Waals surface area (Å²) in [5, 5.41) is 9.14. The minimum absolute atomic E-state index is 0.395. The van der Waals surface area contributed by atoms with Gasteiger partial charge in [-0.3, -0.25) is 0 Å². The van der Waals surface area contributed by atoms with Gasteiger partial charge in [-0.25, -0.2) is 0 Å². The molecule has 1 atom stereocenters. The zero-order valence-electron chi connectivity index (χ0n) is 8.77. The summed E-state index contributed by atoms with van der Waals surface area (Å²) in [6.07, 6.45) is 8.34. The average Bonchev–Trinajstić information content (AvgIpc) is 2.03. The summed E-state index contributed by atoms with van der Waals surface area (Å²) in [5.74, 6) is 0.395. The molecule has 0 saturated carbocycles. The van der Waals surface area contributed by atoms with Crippen molar-refractivity contribution >= 4 is 0 Å². The van der Waals surface area contributed by atoms with E-state index in [1.165, 1.54) is 32.1 Å². The summed E-state index contributed by atoms with van der Waals surface area (Å²) < 4.78 is 0. The number of unbranched alkanes of at least 4 members (excludes halogenated alkanes) is 4. The number of hydrogen-bond donors (Lipinski definition) is 1. The van der Waals surface area contributed by atoms with Crippen molar-refractivity contribution in [2.24, 2.45) is 5.92 Å². The van der Waals surface area contributed by atoms with Gasteiger partial charge in [-0.05, 0) is 19.3 Å². The second-order valence-corrected chi connectivity index (χ2v) is 3.75. The molecular weight excluding hydrogens is 148 g/mol.